The summed E-state index contributed by atoms with van der Waals surface area (Å²) in [6.07, 6.45) is 1.84. The fourth-order valence-electron chi connectivity index (χ4n) is 2.95. The lowest BCUT2D eigenvalue weighted by atomic mass is 9.98. The number of halogens is 1. The van der Waals surface area contributed by atoms with E-state index in [-0.39, 0.29) is 0 Å². The van der Waals surface area contributed by atoms with Crippen molar-refractivity contribution in [3.05, 3.63) is 29.3 Å². The van der Waals surface area contributed by atoms with E-state index >= 15 is 0 Å². The molecule has 1 fully saturated rings. The topological polar surface area (TPSA) is 49.4 Å². The maximum Gasteiger partial charge on any atom is 0.252 e. The smallest absolute Gasteiger partial charge is 0.252 e. The van der Waals surface area contributed by atoms with Crippen LogP contribution in [0.25, 0.3) is 10.1 Å². The van der Waals surface area contributed by atoms with Crippen LogP contribution in [0.2, 0.25) is 5.02 Å². The van der Waals surface area contributed by atoms with Crippen molar-refractivity contribution in [1.82, 2.24) is 9.62 Å². The van der Waals surface area contributed by atoms with Crippen LogP contribution in [0.1, 0.15) is 19.8 Å². The van der Waals surface area contributed by atoms with Gasteiger partial charge in [0.05, 0.1) is 0 Å². The van der Waals surface area contributed by atoms with Crippen LogP contribution in [0.5, 0.6) is 0 Å². The van der Waals surface area contributed by atoms with Gasteiger partial charge in [0.2, 0.25) is 0 Å². The summed E-state index contributed by atoms with van der Waals surface area (Å²) in [4.78, 5) is 0. The van der Waals surface area contributed by atoms with Crippen LogP contribution >= 0.6 is 22.9 Å². The highest BCUT2D eigenvalue weighted by molar-refractivity contribution is 7.91. The molecule has 2 aromatic rings. The Morgan fingerprint density at radius 3 is 2.74 bits per heavy atom. The van der Waals surface area contributed by atoms with E-state index in [1.165, 1.54) is 11.3 Å². The van der Waals surface area contributed by atoms with Crippen molar-refractivity contribution < 1.29 is 8.42 Å². The molecule has 23 heavy (non-hydrogen) atoms. The van der Waals surface area contributed by atoms with Crippen molar-refractivity contribution >= 4 is 43.0 Å². The molecule has 1 aliphatic heterocycles. The van der Waals surface area contributed by atoms with Crippen molar-refractivity contribution in [2.75, 3.05) is 26.2 Å². The van der Waals surface area contributed by atoms with E-state index in [1.54, 1.807) is 16.4 Å². The Balaban J connectivity index is 1.76. The number of rotatable bonds is 5. The van der Waals surface area contributed by atoms with Crippen LogP contribution in [0.3, 0.4) is 0 Å². The summed E-state index contributed by atoms with van der Waals surface area (Å²) in [5.41, 5.74) is 0. The summed E-state index contributed by atoms with van der Waals surface area (Å²) in [6, 6.07) is 7.23. The van der Waals surface area contributed by atoms with Crippen LogP contribution in [0, 0.1) is 5.92 Å². The highest BCUT2D eigenvalue weighted by Gasteiger charge is 2.30. The molecule has 0 spiro atoms. The van der Waals surface area contributed by atoms with Gasteiger partial charge in [-0.2, -0.15) is 4.31 Å². The monoisotopic (exact) mass is 372 g/mol. The predicted octanol–water partition coefficient (Wildman–Crippen LogP) is 3.56. The molecular formula is C16H21ClN2O2S2. The second-order valence-corrected chi connectivity index (χ2v) is 9.59. The molecule has 1 aliphatic rings. The third-order valence-corrected chi connectivity index (χ3v) is 8.01. The van der Waals surface area contributed by atoms with E-state index in [9.17, 15) is 8.42 Å². The number of piperidine rings is 1. The van der Waals surface area contributed by atoms with Crippen LogP contribution in [-0.4, -0.2) is 38.9 Å². The Bertz CT molecular complexity index is 780. The minimum absolute atomic E-state index is 0.417. The molecule has 1 saturated heterocycles. The fraction of sp³-hybridized carbons (Fsp3) is 0.500. The molecular weight excluding hydrogens is 352 g/mol. The molecule has 0 radical (unpaired) electrons. The lowest BCUT2D eigenvalue weighted by molar-refractivity contribution is 0.269. The first-order valence-electron chi connectivity index (χ1n) is 7.90. The number of hydrogen-bond acceptors (Lipinski definition) is 4. The average molecular weight is 373 g/mol. The van der Waals surface area contributed by atoms with Crippen LogP contribution in [-0.2, 0) is 10.0 Å². The lowest BCUT2D eigenvalue weighted by Crippen LogP contribution is -2.40. The first kappa shape index (κ1) is 17.2. The van der Waals surface area contributed by atoms with Crippen LogP contribution in [0.4, 0.5) is 0 Å². The molecule has 126 valence electrons. The number of nitrogens with zero attached hydrogens (tertiary/aromatic N) is 1. The molecule has 0 unspecified atom stereocenters. The summed E-state index contributed by atoms with van der Waals surface area (Å²) in [5.74, 6) is 0.572. The zero-order valence-electron chi connectivity index (χ0n) is 13.1. The zero-order chi connectivity index (χ0) is 16.4. The van der Waals surface area contributed by atoms with Gasteiger partial charge in [0.25, 0.3) is 10.0 Å². The molecule has 7 heteroatoms. The molecule has 4 nitrogen and oxygen atoms in total. The SMILES string of the molecule is CCNCC1CCN(S(=O)(=O)c2cc3cc(Cl)ccc3s2)CC1. The highest BCUT2D eigenvalue weighted by Crippen LogP contribution is 2.33. The minimum atomic E-state index is -3.39. The first-order chi connectivity index (χ1) is 11.0. The van der Waals surface area contributed by atoms with Gasteiger partial charge in [-0.25, -0.2) is 8.42 Å². The van der Waals surface area contributed by atoms with Crippen molar-refractivity contribution in [2.45, 2.75) is 24.0 Å². The maximum atomic E-state index is 12.9. The lowest BCUT2D eigenvalue weighted by Gasteiger charge is -2.30. The molecule has 2 heterocycles. The molecule has 0 amide bonds. The largest absolute Gasteiger partial charge is 0.317 e. The summed E-state index contributed by atoms with van der Waals surface area (Å²) in [7, 11) is -3.39. The number of hydrogen-bond donors (Lipinski definition) is 1. The fourth-order valence-corrected chi connectivity index (χ4v) is 6.13. The van der Waals surface area contributed by atoms with Crippen molar-refractivity contribution in [3.63, 3.8) is 0 Å². The molecule has 0 saturated carbocycles. The summed E-state index contributed by atoms with van der Waals surface area (Å²) in [5, 5.41) is 4.87. The van der Waals surface area contributed by atoms with Gasteiger partial charge in [-0.1, -0.05) is 18.5 Å². The Kier molecular flexibility index (Phi) is 5.28. The highest BCUT2D eigenvalue weighted by atomic mass is 35.5. The van der Waals surface area contributed by atoms with Gasteiger partial charge in [0.15, 0.2) is 0 Å². The van der Waals surface area contributed by atoms with E-state index in [1.807, 2.05) is 12.1 Å². The Morgan fingerprint density at radius 1 is 1.30 bits per heavy atom. The average Bonchev–Trinajstić information content (AvgIpc) is 2.97. The quantitative estimate of drug-likeness (QED) is 0.872. The maximum absolute atomic E-state index is 12.9. The zero-order valence-corrected chi connectivity index (χ0v) is 15.5. The minimum Gasteiger partial charge on any atom is -0.317 e. The Labute approximate surface area is 146 Å². The molecule has 1 aromatic heterocycles. The number of nitrogens with one attached hydrogen (secondary N) is 1. The van der Waals surface area contributed by atoms with Gasteiger partial charge in [0.1, 0.15) is 4.21 Å². The Hall–Kier alpha value is -0.660. The standard InChI is InChI=1S/C16H21ClN2O2S2/c1-2-18-11-12-5-7-19(8-6-12)23(20,21)16-10-13-9-14(17)3-4-15(13)22-16/h3-4,9-10,12,18H,2,5-8,11H2,1H3. The van der Waals surface area contributed by atoms with Gasteiger partial charge in [-0.05, 0) is 61.5 Å². The van der Waals surface area contributed by atoms with E-state index in [4.69, 9.17) is 11.6 Å². The van der Waals surface area contributed by atoms with Crippen molar-refractivity contribution in [2.24, 2.45) is 5.92 Å². The summed E-state index contributed by atoms with van der Waals surface area (Å²) in [6.45, 7) is 5.24. The molecule has 1 N–H and O–H groups in total. The third-order valence-electron chi connectivity index (χ3n) is 4.31. The number of fused-ring (bicyclic) bond motifs is 1. The normalized spacial score (nSPS) is 17.8. The number of thiophene rings is 1. The third kappa shape index (κ3) is 3.72. The van der Waals surface area contributed by atoms with Gasteiger partial charge in [-0.3, -0.25) is 0 Å². The van der Waals surface area contributed by atoms with E-state index in [0.717, 1.165) is 36.0 Å². The van der Waals surface area contributed by atoms with E-state index in [0.29, 0.717) is 28.2 Å². The van der Waals surface area contributed by atoms with Gasteiger partial charge < -0.3 is 5.32 Å². The Morgan fingerprint density at radius 2 is 2.04 bits per heavy atom. The van der Waals surface area contributed by atoms with Crippen molar-refractivity contribution in [3.8, 4) is 0 Å². The van der Waals surface area contributed by atoms with E-state index < -0.39 is 10.0 Å². The van der Waals surface area contributed by atoms with Gasteiger partial charge in [0, 0.05) is 22.8 Å². The van der Waals surface area contributed by atoms with Crippen LogP contribution in [0.15, 0.2) is 28.5 Å². The van der Waals surface area contributed by atoms with Gasteiger partial charge in [-0.15, -0.1) is 11.3 Å². The second-order valence-electron chi connectivity index (χ2n) is 5.90. The number of sulfonamides is 1. The summed E-state index contributed by atoms with van der Waals surface area (Å²) < 4.78 is 28.7. The first-order valence-corrected chi connectivity index (χ1v) is 10.5. The molecule has 0 aliphatic carbocycles. The predicted molar refractivity (Wildman–Crippen MR) is 96.9 cm³/mol. The molecule has 0 bridgehead atoms. The molecule has 0 atom stereocenters. The molecule has 1 aromatic carbocycles. The van der Waals surface area contributed by atoms with Crippen LogP contribution < -0.4 is 5.32 Å². The number of benzene rings is 1. The van der Waals surface area contributed by atoms with Gasteiger partial charge >= 0.3 is 0 Å². The summed E-state index contributed by atoms with van der Waals surface area (Å²) >= 11 is 7.31. The van der Waals surface area contributed by atoms with E-state index in [2.05, 4.69) is 12.2 Å². The van der Waals surface area contributed by atoms with Crippen molar-refractivity contribution in [1.29, 1.82) is 0 Å². The molecule has 3 rings (SSSR count). The second kappa shape index (κ2) is 7.07.